The molecule has 0 aromatic heterocycles. The number of alkyl carbamates (subject to hydrolysis) is 1. The van der Waals surface area contributed by atoms with Crippen molar-refractivity contribution in [3.8, 4) is 23.0 Å². The third-order valence-electron chi connectivity index (χ3n) is 12.7. The number of esters is 1. The van der Waals surface area contributed by atoms with Gasteiger partial charge in [-0.15, -0.1) is 0 Å². The molecule has 8 rings (SSSR count). The van der Waals surface area contributed by atoms with Crippen LogP contribution in [0.15, 0.2) is 36.4 Å². The summed E-state index contributed by atoms with van der Waals surface area (Å²) in [6.45, 7) is 7.73. The van der Waals surface area contributed by atoms with Gasteiger partial charge in [-0.25, -0.2) is 4.79 Å². The van der Waals surface area contributed by atoms with Gasteiger partial charge in [-0.1, -0.05) is 26.0 Å². The molecule has 2 aliphatic heterocycles. The summed E-state index contributed by atoms with van der Waals surface area (Å²) in [4.78, 5) is 28.1. The molecule has 4 bridgehead atoms. The highest BCUT2D eigenvalue weighted by Crippen LogP contribution is 2.66. The van der Waals surface area contributed by atoms with Crippen molar-refractivity contribution in [1.82, 2.24) is 15.5 Å². The van der Waals surface area contributed by atoms with Gasteiger partial charge in [0.25, 0.3) is 6.41 Å². The molecule has 0 spiro atoms. The van der Waals surface area contributed by atoms with Crippen LogP contribution in [0.1, 0.15) is 76.3 Å². The highest BCUT2D eigenvalue weighted by atomic mass is 16.6. The Morgan fingerprint density at radius 2 is 1.59 bits per heavy atom. The van der Waals surface area contributed by atoms with E-state index in [1.807, 2.05) is 30.3 Å². The number of likely N-dealkylation sites (tertiary alicyclic amines) is 1. The van der Waals surface area contributed by atoms with Crippen LogP contribution in [0.2, 0.25) is 0 Å². The molecule has 2 aromatic rings. The molecule has 6 aliphatic rings. The van der Waals surface area contributed by atoms with Gasteiger partial charge >= 0.3 is 12.1 Å². The molecule has 2 aromatic carbocycles. The molecule has 2 heterocycles. The number of hydrogen-bond donors (Lipinski definition) is 3. The van der Waals surface area contributed by atoms with Crippen molar-refractivity contribution >= 4 is 12.1 Å². The van der Waals surface area contributed by atoms with Crippen molar-refractivity contribution in [3.05, 3.63) is 47.5 Å². The van der Waals surface area contributed by atoms with Crippen molar-refractivity contribution in [2.45, 2.75) is 96.1 Å². The Bertz CT molecular complexity index is 1650. The second kappa shape index (κ2) is 15.8. The van der Waals surface area contributed by atoms with E-state index < -0.39 is 6.41 Å². The first-order valence-electron chi connectivity index (χ1n) is 19.7. The fourth-order valence-electron chi connectivity index (χ4n) is 11.4. The predicted molar refractivity (Wildman–Crippen MR) is 202 cm³/mol. The molecule has 6 atom stereocenters. The predicted octanol–water partition coefficient (Wildman–Crippen LogP) is 5.47. The molecule has 0 radical (unpaired) electrons. The number of benzene rings is 2. The number of carbonyl (C=O) groups is 2. The second-order valence-electron chi connectivity index (χ2n) is 17.5. The van der Waals surface area contributed by atoms with Gasteiger partial charge in [-0.3, -0.25) is 15.0 Å². The molecule has 1 amide bonds. The van der Waals surface area contributed by atoms with Gasteiger partial charge in [0.05, 0.1) is 33.9 Å². The zero-order chi connectivity index (χ0) is 38.1. The van der Waals surface area contributed by atoms with E-state index in [0.29, 0.717) is 78.9 Å². The lowest BCUT2D eigenvalue weighted by molar-refractivity contribution is -0.141. The first-order valence-corrected chi connectivity index (χ1v) is 19.7. The molecule has 12 nitrogen and oxygen atoms in total. The van der Waals surface area contributed by atoms with Crippen LogP contribution in [0, 0.1) is 28.6 Å². The number of aliphatic hydroxyl groups excluding tert-OH is 1. The summed E-state index contributed by atoms with van der Waals surface area (Å²) < 4.78 is 33.6. The fourth-order valence-corrected chi connectivity index (χ4v) is 11.4. The summed E-state index contributed by atoms with van der Waals surface area (Å²) in [6.07, 6.45) is 8.47. The van der Waals surface area contributed by atoms with Crippen molar-refractivity contribution in [3.63, 3.8) is 0 Å². The van der Waals surface area contributed by atoms with Gasteiger partial charge in [-0.05, 0) is 123 Å². The van der Waals surface area contributed by atoms with E-state index in [-0.39, 0.29) is 35.5 Å². The van der Waals surface area contributed by atoms with Crippen LogP contribution in [0.3, 0.4) is 0 Å². The summed E-state index contributed by atoms with van der Waals surface area (Å²) in [5, 5.41) is 17.5. The standard InChI is InChI=1S/C42H59N3O9/c1-40-19-29-20-41(2,24-40)26-42(21-29,25-40)44-39(48)52-14-13-45-12-6-7-31(22-45)43-38(47)54-34-11-9-28(18-36(34)51-5)16-32-30(23-53-37(32)46)15-27-8-10-33(49-3)35(17-27)50-4/h8-11,17-18,29-32,38,43,47H,6-7,12-16,19-26H2,1-5H3,(H,44,48)/t29?,30-,31-,32+,38?,40?,41?,42?/m0/s1. The van der Waals surface area contributed by atoms with Crippen LogP contribution >= 0.6 is 0 Å². The van der Waals surface area contributed by atoms with E-state index in [1.54, 1.807) is 27.4 Å². The number of nitrogens with one attached hydrogen (secondary N) is 2. The van der Waals surface area contributed by atoms with E-state index in [9.17, 15) is 14.7 Å². The average molecular weight is 750 g/mol. The maximum Gasteiger partial charge on any atom is 0.407 e. The van der Waals surface area contributed by atoms with Crippen LogP contribution in [0.25, 0.3) is 0 Å². The summed E-state index contributed by atoms with van der Waals surface area (Å²) in [6, 6.07) is 11.3. The topological polar surface area (TPSA) is 137 Å². The highest BCUT2D eigenvalue weighted by molar-refractivity contribution is 5.75. The molecule has 3 unspecified atom stereocenters. The first kappa shape index (κ1) is 38.5. The fraction of sp³-hybridized carbons (Fsp3) is 0.667. The van der Waals surface area contributed by atoms with Crippen LogP contribution in [-0.2, 0) is 27.1 Å². The van der Waals surface area contributed by atoms with Crippen molar-refractivity contribution in [2.75, 3.05) is 54.2 Å². The lowest BCUT2D eigenvalue weighted by atomic mass is 9.43. The lowest BCUT2D eigenvalue weighted by Crippen LogP contribution is -2.65. The number of hydrogen-bond acceptors (Lipinski definition) is 11. The number of cyclic esters (lactones) is 1. The van der Waals surface area contributed by atoms with Crippen LogP contribution in [0.4, 0.5) is 4.79 Å². The number of aliphatic hydroxyl groups is 1. The Kier molecular flexibility index (Phi) is 11.3. The van der Waals surface area contributed by atoms with Crippen molar-refractivity contribution in [1.29, 1.82) is 0 Å². The molecule has 3 N–H and O–H groups in total. The summed E-state index contributed by atoms with van der Waals surface area (Å²) >= 11 is 0. The smallest absolute Gasteiger partial charge is 0.407 e. The van der Waals surface area contributed by atoms with Gasteiger partial charge in [-0.2, -0.15) is 0 Å². The number of ether oxygens (including phenoxy) is 6. The van der Waals surface area contributed by atoms with Gasteiger partial charge in [0, 0.05) is 30.6 Å². The number of nitrogens with zero attached hydrogens (tertiary/aromatic N) is 1. The third-order valence-corrected chi connectivity index (χ3v) is 12.7. The average Bonchev–Trinajstić information content (AvgIpc) is 3.44. The molecular formula is C42H59N3O9. The van der Waals surface area contributed by atoms with E-state index in [0.717, 1.165) is 49.8 Å². The van der Waals surface area contributed by atoms with E-state index in [2.05, 4.69) is 29.4 Å². The third kappa shape index (κ3) is 8.71. The highest BCUT2D eigenvalue weighted by Gasteiger charge is 2.60. The van der Waals surface area contributed by atoms with Crippen LogP contribution in [0.5, 0.6) is 23.0 Å². The molecule has 54 heavy (non-hydrogen) atoms. The number of rotatable bonds is 15. The van der Waals surface area contributed by atoms with Crippen LogP contribution < -0.4 is 29.6 Å². The Morgan fingerprint density at radius 3 is 2.28 bits per heavy atom. The first-order chi connectivity index (χ1) is 25.9. The molecular weight excluding hydrogens is 690 g/mol. The van der Waals surface area contributed by atoms with Gasteiger partial charge in [0.1, 0.15) is 6.61 Å². The minimum atomic E-state index is -1.25. The maximum atomic E-state index is 13.0. The lowest BCUT2D eigenvalue weighted by Gasteiger charge is -2.65. The summed E-state index contributed by atoms with van der Waals surface area (Å²) in [7, 11) is 4.77. The zero-order valence-electron chi connectivity index (χ0n) is 32.6. The minimum absolute atomic E-state index is 0.00109. The van der Waals surface area contributed by atoms with Crippen molar-refractivity contribution in [2.24, 2.45) is 28.6 Å². The van der Waals surface area contributed by atoms with Crippen LogP contribution in [-0.4, -0.2) is 94.2 Å². The number of piperidine rings is 1. The second-order valence-corrected chi connectivity index (χ2v) is 17.5. The maximum absolute atomic E-state index is 13.0. The Labute approximate surface area is 319 Å². The molecule has 4 aliphatic carbocycles. The summed E-state index contributed by atoms with van der Waals surface area (Å²) in [5.74, 6) is 2.35. The molecule has 12 heteroatoms. The number of amides is 1. The largest absolute Gasteiger partial charge is 0.493 e. The van der Waals surface area contributed by atoms with E-state index >= 15 is 0 Å². The Balaban J connectivity index is 0.868. The monoisotopic (exact) mass is 749 g/mol. The summed E-state index contributed by atoms with van der Waals surface area (Å²) in [5.41, 5.74) is 2.47. The molecule has 4 saturated carbocycles. The minimum Gasteiger partial charge on any atom is -0.493 e. The zero-order valence-corrected chi connectivity index (χ0v) is 32.6. The normalized spacial score (nSPS) is 32.1. The van der Waals surface area contributed by atoms with Gasteiger partial charge < -0.3 is 38.8 Å². The molecule has 6 fully saturated rings. The van der Waals surface area contributed by atoms with E-state index in [1.165, 1.54) is 19.3 Å². The number of carbonyl (C=O) groups excluding carboxylic acids is 2. The quantitative estimate of drug-likeness (QED) is 0.158. The van der Waals surface area contributed by atoms with Crippen molar-refractivity contribution < 1.29 is 43.1 Å². The van der Waals surface area contributed by atoms with E-state index in [4.69, 9.17) is 28.4 Å². The molecule has 296 valence electrons. The Hall–Kier alpha value is -3.74. The van der Waals surface area contributed by atoms with Gasteiger partial charge in [0.15, 0.2) is 23.0 Å². The molecule has 2 saturated heterocycles. The Morgan fingerprint density at radius 1 is 0.926 bits per heavy atom. The van der Waals surface area contributed by atoms with Gasteiger partial charge in [0.2, 0.25) is 0 Å². The number of methoxy groups -OCH3 is 3. The SMILES string of the molecule is COc1ccc(C[C@H]2COC(=O)[C@@H]2Cc2ccc(OC(O)N[C@H]3CCCN(CCOC(=O)NC45CC6CC(C)(CC(C)(C6)C4)C5)C3)c(OC)c2)cc1OC.